The molecule has 0 aromatic heterocycles. The summed E-state index contributed by atoms with van der Waals surface area (Å²) in [4.78, 5) is 2.51. The number of aryl methyl sites for hydroxylation is 1. The van der Waals surface area contributed by atoms with Gasteiger partial charge >= 0.3 is 0 Å². The number of likely N-dealkylation sites (tertiary alicyclic amines) is 1. The van der Waals surface area contributed by atoms with E-state index in [4.69, 9.17) is 11.6 Å². The van der Waals surface area contributed by atoms with E-state index < -0.39 is 0 Å². The van der Waals surface area contributed by atoms with E-state index >= 15 is 0 Å². The Balaban J connectivity index is 2.05. The van der Waals surface area contributed by atoms with Gasteiger partial charge in [-0.1, -0.05) is 24.3 Å². The van der Waals surface area contributed by atoms with Crippen LogP contribution >= 0.6 is 11.6 Å². The third-order valence-electron chi connectivity index (χ3n) is 3.31. The van der Waals surface area contributed by atoms with Crippen LogP contribution in [0.25, 0.3) is 0 Å². The third kappa shape index (κ3) is 2.53. The lowest BCUT2D eigenvalue weighted by Gasteiger charge is -2.23. The summed E-state index contributed by atoms with van der Waals surface area (Å²) in [5.74, 6) is 0.770. The number of hydrogen-bond acceptors (Lipinski definition) is 1. The Morgan fingerprint density at radius 2 is 2.20 bits per heavy atom. The van der Waals surface area contributed by atoms with Crippen molar-refractivity contribution in [3.8, 4) is 0 Å². The molecule has 1 aliphatic rings. The van der Waals surface area contributed by atoms with Gasteiger partial charge in [0.2, 0.25) is 0 Å². The Bertz CT molecular complexity index is 324. The quantitative estimate of drug-likeness (QED) is 0.712. The number of alkyl halides is 1. The number of halogens is 1. The fourth-order valence-corrected chi connectivity index (χ4v) is 2.63. The Kier molecular flexibility index (Phi) is 3.66. The molecular weight excluding hydrogens is 206 g/mol. The maximum Gasteiger partial charge on any atom is 0.0379 e. The van der Waals surface area contributed by atoms with E-state index in [-0.39, 0.29) is 0 Å². The van der Waals surface area contributed by atoms with Gasteiger partial charge in [0.15, 0.2) is 0 Å². The number of hydrogen-bond donors (Lipinski definition) is 0. The number of benzene rings is 1. The molecule has 0 spiro atoms. The summed E-state index contributed by atoms with van der Waals surface area (Å²) < 4.78 is 0. The van der Waals surface area contributed by atoms with Crippen LogP contribution < -0.4 is 0 Å². The molecule has 1 saturated heterocycles. The lowest BCUT2D eigenvalue weighted by atomic mass is 10.1. The summed E-state index contributed by atoms with van der Waals surface area (Å²) in [6.07, 6.45) is 2.55. The van der Waals surface area contributed by atoms with Crippen molar-refractivity contribution in [2.75, 3.05) is 12.4 Å². The first kappa shape index (κ1) is 11.0. The molecule has 0 N–H and O–H groups in total. The van der Waals surface area contributed by atoms with Crippen molar-refractivity contribution < 1.29 is 0 Å². The second-order valence-corrected chi connectivity index (χ2v) is 4.66. The molecule has 1 atom stereocenters. The Hall–Kier alpha value is -0.530. The fourth-order valence-electron chi connectivity index (χ4n) is 2.28. The SMILES string of the molecule is Cc1ccccc1CN1CCCC1CCl. The molecule has 1 aromatic rings. The Labute approximate surface area is 97.0 Å². The molecule has 15 heavy (non-hydrogen) atoms. The molecule has 0 amide bonds. The topological polar surface area (TPSA) is 3.24 Å². The number of nitrogens with zero attached hydrogens (tertiary/aromatic N) is 1. The van der Waals surface area contributed by atoms with Crippen molar-refractivity contribution >= 4 is 11.6 Å². The highest BCUT2D eigenvalue weighted by Crippen LogP contribution is 2.21. The first-order valence-electron chi connectivity index (χ1n) is 5.66. The van der Waals surface area contributed by atoms with E-state index in [2.05, 4.69) is 36.1 Å². The minimum absolute atomic E-state index is 0.589. The average molecular weight is 224 g/mol. The van der Waals surface area contributed by atoms with Crippen LogP contribution in [0, 0.1) is 6.92 Å². The summed E-state index contributed by atoms with van der Waals surface area (Å²) in [5.41, 5.74) is 2.83. The lowest BCUT2D eigenvalue weighted by molar-refractivity contribution is 0.262. The average Bonchev–Trinajstić information content (AvgIpc) is 2.69. The summed E-state index contributed by atoms with van der Waals surface area (Å²) in [5, 5.41) is 0. The first-order valence-corrected chi connectivity index (χ1v) is 6.19. The van der Waals surface area contributed by atoms with Gasteiger partial charge in [0.25, 0.3) is 0 Å². The monoisotopic (exact) mass is 223 g/mol. The maximum absolute atomic E-state index is 5.97. The molecule has 1 aromatic carbocycles. The van der Waals surface area contributed by atoms with Crippen molar-refractivity contribution in [3.63, 3.8) is 0 Å². The molecular formula is C13H18ClN. The standard InChI is InChI=1S/C13H18ClN/c1-11-5-2-3-6-12(11)10-15-8-4-7-13(15)9-14/h2-3,5-6,13H,4,7-10H2,1H3. The summed E-state index contributed by atoms with van der Waals surface area (Å²) in [6.45, 7) is 4.44. The summed E-state index contributed by atoms with van der Waals surface area (Å²) >= 11 is 5.97. The number of rotatable bonds is 3. The highest BCUT2D eigenvalue weighted by atomic mass is 35.5. The van der Waals surface area contributed by atoms with Gasteiger partial charge in [0.05, 0.1) is 0 Å². The van der Waals surface area contributed by atoms with Crippen LogP contribution in [-0.4, -0.2) is 23.4 Å². The molecule has 0 radical (unpaired) electrons. The van der Waals surface area contributed by atoms with Crippen LogP contribution in [0.2, 0.25) is 0 Å². The highest BCUT2D eigenvalue weighted by molar-refractivity contribution is 6.18. The Morgan fingerprint density at radius 1 is 1.40 bits per heavy atom. The highest BCUT2D eigenvalue weighted by Gasteiger charge is 2.23. The second kappa shape index (κ2) is 5.00. The molecule has 0 aliphatic carbocycles. The first-order chi connectivity index (χ1) is 7.31. The maximum atomic E-state index is 5.97. The van der Waals surface area contributed by atoms with Crippen LogP contribution in [0.15, 0.2) is 24.3 Å². The van der Waals surface area contributed by atoms with E-state index in [0.29, 0.717) is 6.04 Å². The van der Waals surface area contributed by atoms with Crippen molar-refractivity contribution in [1.29, 1.82) is 0 Å². The molecule has 1 aliphatic heterocycles. The normalized spacial score (nSPS) is 22.1. The summed E-state index contributed by atoms with van der Waals surface area (Å²) in [7, 11) is 0. The van der Waals surface area contributed by atoms with Crippen molar-refractivity contribution in [2.45, 2.75) is 32.4 Å². The fraction of sp³-hybridized carbons (Fsp3) is 0.538. The van der Waals surface area contributed by atoms with Gasteiger partial charge < -0.3 is 0 Å². The minimum atomic E-state index is 0.589. The molecule has 2 heteroatoms. The third-order valence-corrected chi connectivity index (χ3v) is 3.67. The van der Waals surface area contributed by atoms with Gasteiger partial charge in [-0.3, -0.25) is 4.90 Å². The van der Waals surface area contributed by atoms with Crippen LogP contribution in [0.5, 0.6) is 0 Å². The zero-order chi connectivity index (χ0) is 10.7. The predicted molar refractivity (Wildman–Crippen MR) is 65.3 cm³/mol. The minimum Gasteiger partial charge on any atom is -0.295 e. The van der Waals surface area contributed by atoms with Gasteiger partial charge in [0.1, 0.15) is 0 Å². The molecule has 2 rings (SSSR count). The van der Waals surface area contributed by atoms with E-state index in [0.717, 1.165) is 12.4 Å². The molecule has 0 bridgehead atoms. The molecule has 1 fully saturated rings. The molecule has 1 unspecified atom stereocenters. The second-order valence-electron chi connectivity index (χ2n) is 4.35. The van der Waals surface area contributed by atoms with Crippen LogP contribution in [0.1, 0.15) is 24.0 Å². The lowest BCUT2D eigenvalue weighted by Crippen LogP contribution is -2.30. The van der Waals surface area contributed by atoms with Crippen LogP contribution in [-0.2, 0) is 6.54 Å². The van der Waals surface area contributed by atoms with Gasteiger partial charge in [0, 0.05) is 18.5 Å². The van der Waals surface area contributed by atoms with Crippen molar-refractivity contribution in [1.82, 2.24) is 4.90 Å². The molecule has 1 nitrogen and oxygen atoms in total. The summed E-state index contributed by atoms with van der Waals surface area (Å²) in [6, 6.07) is 9.21. The van der Waals surface area contributed by atoms with Crippen molar-refractivity contribution in [3.05, 3.63) is 35.4 Å². The predicted octanol–water partition coefficient (Wildman–Crippen LogP) is 3.20. The van der Waals surface area contributed by atoms with Crippen LogP contribution in [0.3, 0.4) is 0 Å². The van der Waals surface area contributed by atoms with E-state index in [1.165, 1.54) is 30.5 Å². The van der Waals surface area contributed by atoms with Gasteiger partial charge in [-0.15, -0.1) is 11.6 Å². The molecule has 0 saturated carbocycles. The zero-order valence-electron chi connectivity index (χ0n) is 9.25. The van der Waals surface area contributed by atoms with E-state index in [1.54, 1.807) is 0 Å². The van der Waals surface area contributed by atoms with Gasteiger partial charge in [-0.25, -0.2) is 0 Å². The largest absolute Gasteiger partial charge is 0.295 e. The smallest absolute Gasteiger partial charge is 0.0379 e. The van der Waals surface area contributed by atoms with Crippen molar-refractivity contribution in [2.24, 2.45) is 0 Å². The van der Waals surface area contributed by atoms with E-state index in [9.17, 15) is 0 Å². The van der Waals surface area contributed by atoms with E-state index in [1.807, 2.05) is 0 Å². The van der Waals surface area contributed by atoms with Gasteiger partial charge in [-0.05, 0) is 37.4 Å². The molecule has 82 valence electrons. The Morgan fingerprint density at radius 3 is 2.93 bits per heavy atom. The van der Waals surface area contributed by atoms with Gasteiger partial charge in [-0.2, -0.15) is 0 Å². The zero-order valence-corrected chi connectivity index (χ0v) is 10.0. The molecule has 1 heterocycles. The van der Waals surface area contributed by atoms with Crippen LogP contribution in [0.4, 0.5) is 0 Å².